The summed E-state index contributed by atoms with van der Waals surface area (Å²) in [4.78, 5) is 23.5. The Hall–Kier alpha value is -1.56. The molecule has 0 fully saturated rings. The first-order valence-electron chi connectivity index (χ1n) is 7.00. The third-order valence-corrected chi connectivity index (χ3v) is 3.35. The molecule has 22 heavy (non-hydrogen) atoms. The molecule has 1 rings (SSSR count). The van der Waals surface area contributed by atoms with Crippen molar-refractivity contribution in [2.24, 2.45) is 5.92 Å². The molecule has 0 spiro atoms. The fourth-order valence-corrected chi connectivity index (χ4v) is 2.10. The molecule has 1 aromatic carbocycles. The fourth-order valence-electron chi connectivity index (χ4n) is 1.83. The topological polar surface area (TPSA) is 64.6 Å². The molecule has 0 aliphatic rings. The van der Waals surface area contributed by atoms with Crippen LogP contribution in [0.3, 0.4) is 0 Å². The Bertz CT molecular complexity index is 508. The van der Waals surface area contributed by atoms with Gasteiger partial charge in [-0.25, -0.2) is 4.79 Å². The van der Waals surface area contributed by atoms with Gasteiger partial charge in [0.15, 0.2) is 0 Å². The van der Waals surface area contributed by atoms with Crippen LogP contribution in [-0.4, -0.2) is 31.3 Å². The van der Waals surface area contributed by atoms with E-state index in [0.717, 1.165) is 10.0 Å². The number of alkyl carbamates (subject to hydrolysis) is 1. The van der Waals surface area contributed by atoms with E-state index < -0.39 is 17.6 Å². The second-order valence-electron chi connectivity index (χ2n) is 5.93. The summed E-state index contributed by atoms with van der Waals surface area (Å²) in [6.45, 7) is 5.52. The van der Waals surface area contributed by atoms with Crippen molar-refractivity contribution in [3.05, 3.63) is 34.3 Å². The van der Waals surface area contributed by atoms with E-state index in [1.165, 1.54) is 7.11 Å². The van der Waals surface area contributed by atoms with Gasteiger partial charge in [-0.1, -0.05) is 28.1 Å². The molecule has 0 aromatic heterocycles. The Kier molecular flexibility index (Phi) is 6.87. The van der Waals surface area contributed by atoms with E-state index in [1.54, 1.807) is 20.8 Å². The van der Waals surface area contributed by atoms with Crippen LogP contribution >= 0.6 is 15.9 Å². The summed E-state index contributed by atoms with van der Waals surface area (Å²) >= 11 is 3.37. The zero-order chi connectivity index (χ0) is 16.8. The van der Waals surface area contributed by atoms with Gasteiger partial charge in [0, 0.05) is 11.0 Å². The van der Waals surface area contributed by atoms with Crippen LogP contribution in [0.5, 0.6) is 0 Å². The van der Waals surface area contributed by atoms with Crippen LogP contribution in [0, 0.1) is 5.92 Å². The Morgan fingerprint density at radius 2 is 1.82 bits per heavy atom. The number of hydrogen-bond donors (Lipinski definition) is 1. The molecule has 0 aliphatic carbocycles. The van der Waals surface area contributed by atoms with Gasteiger partial charge in [-0.2, -0.15) is 0 Å². The number of carbonyl (C=O) groups is 2. The summed E-state index contributed by atoms with van der Waals surface area (Å²) in [6, 6.07) is 7.66. The van der Waals surface area contributed by atoms with E-state index >= 15 is 0 Å². The number of hydrogen-bond acceptors (Lipinski definition) is 4. The second kappa shape index (κ2) is 8.17. The monoisotopic (exact) mass is 371 g/mol. The number of esters is 1. The van der Waals surface area contributed by atoms with Crippen LogP contribution in [0.25, 0.3) is 0 Å². The first-order valence-corrected chi connectivity index (χ1v) is 7.79. The number of benzene rings is 1. The predicted molar refractivity (Wildman–Crippen MR) is 87.6 cm³/mol. The molecular formula is C16H22BrNO4. The summed E-state index contributed by atoms with van der Waals surface area (Å²) in [6.07, 6.45) is -0.0624. The lowest BCUT2D eigenvalue weighted by molar-refractivity contribution is -0.145. The predicted octanol–water partition coefficient (Wildman–Crippen LogP) is 3.31. The number of rotatable bonds is 5. The van der Waals surface area contributed by atoms with Gasteiger partial charge in [0.1, 0.15) is 5.60 Å². The molecule has 122 valence electrons. The molecule has 1 amide bonds. The highest BCUT2D eigenvalue weighted by atomic mass is 79.9. The van der Waals surface area contributed by atoms with Crippen molar-refractivity contribution < 1.29 is 19.1 Å². The SMILES string of the molecule is COC(=O)C(CNC(=O)OC(C)(C)C)Cc1ccc(Br)cc1. The Morgan fingerprint density at radius 1 is 1.23 bits per heavy atom. The third-order valence-electron chi connectivity index (χ3n) is 2.82. The molecule has 0 bridgehead atoms. The maximum atomic E-state index is 11.9. The zero-order valence-corrected chi connectivity index (χ0v) is 14.9. The minimum Gasteiger partial charge on any atom is -0.469 e. The van der Waals surface area contributed by atoms with Crippen LogP contribution in [0.2, 0.25) is 0 Å². The van der Waals surface area contributed by atoms with Gasteiger partial charge >= 0.3 is 12.1 Å². The first kappa shape index (κ1) is 18.5. The number of halogens is 1. The number of carbonyl (C=O) groups excluding carboxylic acids is 2. The van der Waals surface area contributed by atoms with Gasteiger partial charge < -0.3 is 14.8 Å². The van der Waals surface area contributed by atoms with Crippen LogP contribution in [0.15, 0.2) is 28.7 Å². The van der Waals surface area contributed by atoms with Crippen LogP contribution in [0.1, 0.15) is 26.3 Å². The molecule has 1 N–H and O–H groups in total. The maximum Gasteiger partial charge on any atom is 0.407 e. The van der Waals surface area contributed by atoms with Crippen molar-refractivity contribution in [2.75, 3.05) is 13.7 Å². The van der Waals surface area contributed by atoms with Crippen LogP contribution in [-0.2, 0) is 20.7 Å². The lowest BCUT2D eigenvalue weighted by atomic mass is 9.99. The number of methoxy groups -OCH3 is 1. The Morgan fingerprint density at radius 3 is 2.32 bits per heavy atom. The number of nitrogens with one attached hydrogen (secondary N) is 1. The highest BCUT2D eigenvalue weighted by Gasteiger charge is 2.22. The lowest BCUT2D eigenvalue weighted by Crippen LogP contribution is -2.38. The fraction of sp³-hybridized carbons (Fsp3) is 0.500. The van der Waals surface area contributed by atoms with Gasteiger partial charge in [-0.3, -0.25) is 4.79 Å². The molecule has 6 heteroatoms. The molecule has 1 atom stereocenters. The lowest BCUT2D eigenvalue weighted by Gasteiger charge is -2.21. The van der Waals surface area contributed by atoms with Crippen molar-refractivity contribution in [1.29, 1.82) is 0 Å². The first-order chi connectivity index (χ1) is 10.2. The van der Waals surface area contributed by atoms with E-state index in [0.29, 0.717) is 6.42 Å². The minimum absolute atomic E-state index is 0.164. The summed E-state index contributed by atoms with van der Waals surface area (Å²) in [7, 11) is 1.34. The molecular weight excluding hydrogens is 350 g/mol. The van der Waals surface area contributed by atoms with Crippen molar-refractivity contribution in [2.45, 2.75) is 32.8 Å². The molecule has 1 aromatic rings. The largest absolute Gasteiger partial charge is 0.469 e. The van der Waals surface area contributed by atoms with Crippen molar-refractivity contribution >= 4 is 28.0 Å². The zero-order valence-electron chi connectivity index (χ0n) is 13.3. The van der Waals surface area contributed by atoms with Gasteiger partial charge in [-0.15, -0.1) is 0 Å². The molecule has 0 saturated heterocycles. The maximum absolute atomic E-state index is 11.9. The summed E-state index contributed by atoms with van der Waals surface area (Å²) in [5.41, 5.74) is 0.417. The highest BCUT2D eigenvalue weighted by Crippen LogP contribution is 2.15. The van der Waals surface area contributed by atoms with Gasteiger partial charge in [0.2, 0.25) is 0 Å². The van der Waals surface area contributed by atoms with E-state index in [4.69, 9.17) is 9.47 Å². The summed E-state index contributed by atoms with van der Waals surface area (Å²) in [5, 5.41) is 2.61. The molecule has 0 heterocycles. The Balaban J connectivity index is 2.63. The molecule has 0 saturated carbocycles. The van der Waals surface area contributed by atoms with Gasteiger partial charge in [-0.05, 0) is 44.9 Å². The second-order valence-corrected chi connectivity index (χ2v) is 6.85. The minimum atomic E-state index is -0.573. The number of ether oxygens (including phenoxy) is 2. The average molecular weight is 372 g/mol. The van der Waals surface area contributed by atoms with Crippen molar-refractivity contribution in [3.63, 3.8) is 0 Å². The smallest absolute Gasteiger partial charge is 0.407 e. The summed E-state index contributed by atoms with van der Waals surface area (Å²) < 4.78 is 10.9. The standard InChI is InChI=1S/C16H22BrNO4/c1-16(2,3)22-15(20)18-10-12(14(19)21-4)9-11-5-7-13(17)8-6-11/h5-8,12H,9-10H2,1-4H3,(H,18,20). The molecule has 0 aliphatic heterocycles. The average Bonchev–Trinajstić information content (AvgIpc) is 2.42. The normalized spacial score (nSPS) is 12.4. The van der Waals surface area contributed by atoms with E-state index in [-0.39, 0.29) is 12.5 Å². The molecule has 5 nitrogen and oxygen atoms in total. The third kappa shape index (κ3) is 6.93. The van der Waals surface area contributed by atoms with Gasteiger partial charge in [0.05, 0.1) is 13.0 Å². The summed E-state index contributed by atoms with van der Waals surface area (Å²) in [5.74, 6) is -0.822. The molecule has 1 unspecified atom stereocenters. The van der Waals surface area contributed by atoms with Gasteiger partial charge in [0.25, 0.3) is 0 Å². The van der Waals surface area contributed by atoms with E-state index in [1.807, 2.05) is 24.3 Å². The van der Waals surface area contributed by atoms with E-state index in [9.17, 15) is 9.59 Å². The van der Waals surface area contributed by atoms with Crippen LogP contribution < -0.4 is 5.32 Å². The molecule has 0 radical (unpaired) electrons. The van der Waals surface area contributed by atoms with Crippen LogP contribution in [0.4, 0.5) is 4.79 Å². The Labute approximate surface area is 139 Å². The number of amides is 1. The van der Waals surface area contributed by atoms with E-state index in [2.05, 4.69) is 21.2 Å². The van der Waals surface area contributed by atoms with Crippen molar-refractivity contribution in [1.82, 2.24) is 5.32 Å². The highest BCUT2D eigenvalue weighted by molar-refractivity contribution is 9.10. The van der Waals surface area contributed by atoms with Crippen molar-refractivity contribution in [3.8, 4) is 0 Å². The quantitative estimate of drug-likeness (QED) is 0.806.